The molecule has 0 bridgehead atoms. The average molecular weight is 411 g/mol. The van der Waals surface area contributed by atoms with Crippen molar-refractivity contribution in [3.05, 3.63) is 59.5 Å². The quantitative estimate of drug-likeness (QED) is 0.303. The number of rotatable bonds is 10. The van der Waals surface area contributed by atoms with Gasteiger partial charge >= 0.3 is 0 Å². The van der Waals surface area contributed by atoms with Crippen LogP contribution in [-0.4, -0.2) is 54.0 Å². The molecule has 0 atom stereocenters. The Labute approximate surface area is 177 Å². The highest BCUT2D eigenvalue weighted by Gasteiger charge is 2.07. The molecule has 160 valence electrons. The van der Waals surface area contributed by atoms with E-state index in [-0.39, 0.29) is 0 Å². The van der Waals surface area contributed by atoms with Crippen LogP contribution < -0.4 is 15.4 Å². The van der Waals surface area contributed by atoms with E-state index in [4.69, 9.17) is 14.5 Å². The van der Waals surface area contributed by atoms with Crippen molar-refractivity contribution in [3.63, 3.8) is 0 Å². The summed E-state index contributed by atoms with van der Waals surface area (Å²) >= 11 is 0. The fourth-order valence-electron chi connectivity index (χ4n) is 3.02. The number of ether oxygens (including phenoxy) is 2. The van der Waals surface area contributed by atoms with Crippen LogP contribution in [0.5, 0.6) is 5.75 Å². The zero-order chi connectivity index (χ0) is 21.2. The summed E-state index contributed by atoms with van der Waals surface area (Å²) in [4.78, 5) is 4.72. The number of aryl methyl sites for hydroxylation is 1. The predicted octanol–water partition coefficient (Wildman–Crippen LogP) is 2.36. The van der Waals surface area contributed by atoms with Crippen LogP contribution in [-0.2, 0) is 17.7 Å². The molecule has 8 heteroatoms. The number of benzene rings is 1. The SMILES string of the molecule is CCNC(=NCc1ccc(C)cc1OCCOC)NCCc1nnc2ccccn12. The Morgan fingerprint density at radius 3 is 2.87 bits per heavy atom. The third kappa shape index (κ3) is 5.93. The lowest BCUT2D eigenvalue weighted by atomic mass is 10.1. The largest absolute Gasteiger partial charge is 0.491 e. The van der Waals surface area contributed by atoms with Crippen molar-refractivity contribution >= 4 is 11.6 Å². The lowest BCUT2D eigenvalue weighted by molar-refractivity contribution is 0.145. The van der Waals surface area contributed by atoms with E-state index >= 15 is 0 Å². The molecule has 0 spiro atoms. The first-order chi connectivity index (χ1) is 14.7. The lowest BCUT2D eigenvalue weighted by Gasteiger charge is -2.13. The van der Waals surface area contributed by atoms with Crippen LogP contribution in [0.1, 0.15) is 23.9 Å². The van der Waals surface area contributed by atoms with Crippen LogP contribution in [0.3, 0.4) is 0 Å². The molecule has 0 aliphatic rings. The van der Waals surface area contributed by atoms with Crippen molar-refractivity contribution in [1.82, 2.24) is 25.2 Å². The summed E-state index contributed by atoms with van der Waals surface area (Å²) in [6.07, 6.45) is 2.72. The Morgan fingerprint density at radius 2 is 2.03 bits per heavy atom. The number of guanidine groups is 1. The number of aromatic nitrogens is 3. The number of nitrogens with one attached hydrogen (secondary N) is 2. The zero-order valence-corrected chi connectivity index (χ0v) is 17.9. The van der Waals surface area contributed by atoms with Crippen molar-refractivity contribution < 1.29 is 9.47 Å². The molecule has 3 rings (SSSR count). The van der Waals surface area contributed by atoms with Gasteiger partial charge in [-0.1, -0.05) is 18.2 Å². The number of hydrogen-bond acceptors (Lipinski definition) is 5. The van der Waals surface area contributed by atoms with Gasteiger partial charge in [-0.3, -0.25) is 4.40 Å². The molecule has 1 aromatic carbocycles. The smallest absolute Gasteiger partial charge is 0.191 e. The molecule has 0 aliphatic heterocycles. The van der Waals surface area contributed by atoms with Gasteiger partial charge < -0.3 is 20.1 Å². The van der Waals surface area contributed by atoms with E-state index in [9.17, 15) is 0 Å². The Morgan fingerprint density at radius 1 is 1.13 bits per heavy atom. The summed E-state index contributed by atoms with van der Waals surface area (Å²) in [5.74, 6) is 2.53. The Bertz CT molecular complexity index is 969. The molecular formula is C22H30N6O2. The Hall–Kier alpha value is -3.13. The molecular weight excluding hydrogens is 380 g/mol. The molecule has 0 radical (unpaired) electrons. The van der Waals surface area contributed by atoms with Crippen LogP contribution >= 0.6 is 0 Å². The normalized spacial score (nSPS) is 11.6. The number of aliphatic imine (C=N–C) groups is 1. The second kappa shape index (κ2) is 11.2. The van der Waals surface area contributed by atoms with E-state index < -0.39 is 0 Å². The minimum Gasteiger partial charge on any atom is -0.491 e. The van der Waals surface area contributed by atoms with Crippen LogP contribution in [0.4, 0.5) is 0 Å². The van der Waals surface area contributed by atoms with Gasteiger partial charge in [0.15, 0.2) is 11.6 Å². The van der Waals surface area contributed by atoms with Gasteiger partial charge in [-0.25, -0.2) is 4.99 Å². The van der Waals surface area contributed by atoms with Crippen molar-refractivity contribution in [3.8, 4) is 5.75 Å². The fraction of sp³-hybridized carbons (Fsp3) is 0.409. The minimum absolute atomic E-state index is 0.515. The summed E-state index contributed by atoms with van der Waals surface area (Å²) < 4.78 is 13.0. The monoisotopic (exact) mass is 410 g/mol. The molecule has 8 nitrogen and oxygen atoms in total. The van der Waals surface area contributed by atoms with E-state index in [0.29, 0.717) is 26.3 Å². The van der Waals surface area contributed by atoms with E-state index in [2.05, 4.69) is 39.9 Å². The molecule has 2 aromatic heterocycles. The number of nitrogens with zero attached hydrogens (tertiary/aromatic N) is 4. The standard InChI is InChI=1S/C22H30N6O2/c1-4-23-22(24-11-10-21-27-26-20-7-5-6-12-28(20)21)25-16-18-9-8-17(2)15-19(18)30-14-13-29-3/h5-9,12,15H,4,10-11,13-14,16H2,1-3H3,(H2,23,24,25). The second-order valence-corrected chi connectivity index (χ2v) is 6.87. The molecule has 0 unspecified atom stereocenters. The van der Waals surface area contributed by atoms with E-state index in [1.807, 2.05) is 41.8 Å². The Balaban J connectivity index is 1.61. The first kappa shape index (κ1) is 21.6. The van der Waals surface area contributed by atoms with E-state index in [1.54, 1.807) is 7.11 Å². The zero-order valence-electron chi connectivity index (χ0n) is 17.9. The van der Waals surface area contributed by atoms with Crippen molar-refractivity contribution in [2.24, 2.45) is 4.99 Å². The lowest BCUT2D eigenvalue weighted by Crippen LogP contribution is -2.38. The first-order valence-corrected chi connectivity index (χ1v) is 10.2. The van der Waals surface area contributed by atoms with E-state index in [1.165, 1.54) is 0 Å². The van der Waals surface area contributed by atoms with Crippen LogP contribution in [0.15, 0.2) is 47.6 Å². The average Bonchev–Trinajstić information content (AvgIpc) is 3.16. The predicted molar refractivity (Wildman–Crippen MR) is 118 cm³/mol. The molecule has 0 saturated carbocycles. The maximum Gasteiger partial charge on any atom is 0.191 e. The van der Waals surface area contributed by atoms with Gasteiger partial charge in [-0.2, -0.15) is 0 Å². The molecule has 2 N–H and O–H groups in total. The van der Waals surface area contributed by atoms with Gasteiger partial charge in [0.25, 0.3) is 0 Å². The molecule has 2 heterocycles. The van der Waals surface area contributed by atoms with Gasteiger partial charge in [-0.05, 0) is 37.6 Å². The van der Waals surface area contributed by atoms with Gasteiger partial charge in [0.1, 0.15) is 18.2 Å². The highest BCUT2D eigenvalue weighted by atomic mass is 16.5. The van der Waals surface area contributed by atoms with Crippen LogP contribution in [0.25, 0.3) is 5.65 Å². The maximum atomic E-state index is 5.87. The van der Waals surface area contributed by atoms with Crippen LogP contribution in [0.2, 0.25) is 0 Å². The van der Waals surface area contributed by atoms with Gasteiger partial charge in [-0.15, -0.1) is 10.2 Å². The third-order valence-corrected chi connectivity index (χ3v) is 4.54. The molecule has 0 aliphatic carbocycles. The summed E-state index contributed by atoms with van der Waals surface area (Å²) in [7, 11) is 1.67. The summed E-state index contributed by atoms with van der Waals surface area (Å²) in [5.41, 5.74) is 3.05. The summed E-state index contributed by atoms with van der Waals surface area (Å²) in [6.45, 7) is 7.17. The minimum atomic E-state index is 0.515. The highest BCUT2D eigenvalue weighted by molar-refractivity contribution is 5.79. The second-order valence-electron chi connectivity index (χ2n) is 6.87. The first-order valence-electron chi connectivity index (χ1n) is 10.2. The molecule has 0 amide bonds. The highest BCUT2D eigenvalue weighted by Crippen LogP contribution is 2.21. The van der Waals surface area contributed by atoms with Crippen molar-refractivity contribution in [2.45, 2.75) is 26.8 Å². The fourth-order valence-corrected chi connectivity index (χ4v) is 3.02. The summed E-state index contributed by atoms with van der Waals surface area (Å²) in [5, 5.41) is 15.1. The molecule has 0 fully saturated rings. The topological polar surface area (TPSA) is 85.1 Å². The van der Waals surface area contributed by atoms with Gasteiger partial charge in [0.2, 0.25) is 0 Å². The van der Waals surface area contributed by atoms with E-state index in [0.717, 1.165) is 47.3 Å². The van der Waals surface area contributed by atoms with Gasteiger partial charge in [0.05, 0.1) is 13.2 Å². The van der Waals surface area contributed by atoms with Crippen molar-refractivity contribution in [2.75, 3.05) is 33.4 Å². The Kier molecular flexibility index (Phi) is 8.02. The number of methoxy groups -OCH3 is 1. The molecule has 30 heavy (non-hydrogen) atoms. The number of fused-ring (bicyclic) bond motifs is 1. The maximum absolute atomic E-state index is 5.87. The molecule has 3 aromatic rings. The number of pyridine rings is 1. The van der Waals surface area contributed by atoms with Crippen LogP contribution in [0, 0.1) is 6.92 Å². The number of hydrogen-bond donors (Lipinski definition) is 2. The molecule has 0 saturated heterocycles. The third-order valence-electron chi connectivity index (χ3n) is 4.54. The van der Waals surface area contributed by atoms with Crippen molar-refractivity contribution in [1.29, 1.82) is 0 Å². The van der Waals surface area contributed by atoms with Gasteiger partial charge in [0, 0.05) is 38.4 Å². The summed E-state index contributed by atoms with van der Waals surface area (Å²) in [6, 6.07) is 12.1.